The second-order valence-electron chi connectivity index (χ2n) is 6.84. The van der Waals surface area contributed by atoms with Crippen LogP contribution in [0.15, 0.2) is 53.6 Å². The highest BCUT2D eigenvalue weighted by Gasteiger charge is 2.16. The lowest BCUT2D eigenvalue weighted by molar-refractivity contribution is 0.122. The fourth-order valence-electron chi connectivity index (χ4n) is 2.91. The van der Waals surface area contributed by atoms with E-state index in [1.165, 1.54) is 5.56 Å². The summed E-state index contributed by atoms with van der Waals surface area (Å²) in [7, 11) is 0. The summed E-state index contributed by atoms with van der Waals surface area (Å²) in [6.45, 7) is 4.71. The molecule has 0 aliphatic carbocycles. The van der Waals surface area contributed by atoms with Crippen molar-refractivity contribution in [3.63, 3.8) is 0 Å². The number of aromatic hydroxyl groups is 1. The molecule has 154 valence electrons. The minimum absolute atomic E-state index is 0.179. The van der Waals surface area contributed by atoms with Crippen molar-refractivity contribution >= 4 is 29.7 Å². The van der Waals surface area contributed by atoms with E-state index in [1.54, 1.807) is 24.4 Å². The summed E-state index contributed by atoms with van der Waals surface area (Å²) < 4.78 is 5.42. The zero-order valence-corrected chi connectivity index (χ0v) is 16.6. The first-order chi connectivity index (χ1) is 14.7. The van der Waals surface area contributed by atoms with Gasteiger partial charge in [-0.1, -0.05) is 29.8 Å². The highest BCUT2D eigenvalue weighted by molar-refractivity contribution is 5.80. The van der Waals surface area contributed by atoms with Gasteiger partial charge in [-0.3, -0.25) is 0 Å². The number of phenolic OH excluding ortho intramolecular Hbond substituents is 1. The molecule has 0 amide bonds. The Kier molecular flexibility index (Phi) is 6.00. The predicted octanol–water partition coefficient (Wildman–Crippen LogP) is 2.91. The second kappa shape index (κ2) is 9.19. The van der Waals surface area contributed by atoms with Crippen LogP contribution in [-0.2, 0) is 4.74 Å². The number of hydrogen-bond donors (Lipinski definition) is 3. The first-order valence-electron chi connectivity index (χ1n) is 9.66. The summed E-state index contributed by atoms with van der Waals surface area (Å²) in [5.41, 5.74) is 5.67. The lowest BCUT2D eigenvalue weighted by Gasteiger charge is -2.27. The molecule has 1 aliphatic heterocycles. The number of rotatable bonds is 6. The van der Waals surface area contributed by atoms with Gasteiger partial charge in [-0.25, -0.2) is 5.43 Å². The molecule has 2 heterocycles. The topological polar surface area (TPSA) is 108 Å². The molecule has 30 heavy (non-hydrogen) atoms. The van der Waals surface area contributed by atoms with E-state index < -0.39 is 0 Å². The maximum Gasteiger partial charge on any atom is 0.250 e. The molecule has 0 radical (unpaired) electrons. The number of aromatic nitrogens is 3. The summed E-state index contributed by atoms with van der Waals surface area (Å²) in [4.78, 5) is 15.5. The van der Waals surface area contributed by atoms with Crippen molar-refractivity contribution in [1.82, 2.24) is 15.0 Å². The van der Waals surface area contributed by atoms with E-state index >= 15 is 0 Å². The van der Waals surface area contributed by atoms with Gasteiger partial charge in [0.2, 0.25) is 17.8 Å². The van der Waals surface area contributed by atoms with Crippen molar-refractivity contribution in [3.05, 3.63) is 59.7 Å². The fraction of sp³-hybridized carbons (Fsp3) is 0.238. The molecule has 1 fully saturated rings. The molecule has 1 aliphatic rings. The molecule has 0 bridgehead atoms. The number of morpholine rings is 1. The van der Waals surface area contributed by atoms with Crippen LogP contribution in [0.3, 0.4) is 0 Å². The number of benzene rings is 2. The molecular weight excluding hydrogens is 382 g/mol. The molecule has 0 unspecified atom stereocenters. The van der Waals surface area contributed by atoms with Gasteiger partial charge in [0.05, 0.1) is 19.4 Å². The maximum atomic E-state index is 9.56. The zero-order valence-electron chi connectivity index (χ0n) is 16.6. The molecule has 0 atom stereocenters. The summed E-state index contributed by atoms with van der Waals surface area (Å²) in [5.74, 6) is 1.47. The maximum absolute atomic E-state index is 9.56. The van der Waals surface area contributed by atoms with E-state index in [0.29, 0.717) is 44.1 Å². The number of nitrogens with one attached hydrogen (secondary N) is 2. The summed E-state index contributed by atoms with van der Waals surface area (Å²) >= 11 is 0. The van der Waals surface area contributed by atoms with Crippen LogP contribution in [0, 0.1) is 6.92 Å². The normalized spacial score (nSPS) is 14.1. The van der Waals surface area contributed by atoms with Gasteiger partial charge in [0.25, 0.3) is 0 Å². The molecule has 2 aromatic carbocycles. The van der Waals surface area contributed by atoms with Crippen molar-refractivity contribution in [2.45, 2.75) is 6.92 Å². The molecule has 3 N–H and O–H groups in total. The van der Waals surface area contributed by atoms with Crippen molar-refractivity contribution < 1.29 is 9.84 Å². The third kappa shape index (κ3) is 5.21. The Hall–Kier alpha value is -3.72. The van der Waals surface area contributed by atoms with Crippen molar-refractivity contribution in [3.8, 4) is 5.75 Å². The standard InChI is InChI=1S/C21H23N7O2/c1-15-5-7-17(8-6-15)23-19-24-20(26-21(25-19)28-9-11-30-12-10-28)27-22-14-16-3-2-4-18(29)13-16/h2-8,13-14,29H,9-12H2,1H3,(H2,23,24,25,26,27). The zero-order chi connectivity index (χ0) is 20.8. The van der Waals surface area contributed by atoms with Crippen LogP contribution in [-0.4, -0.2) is 52.6 Å². The van der Waals surface area contributed by atoms with Crippen LogP contribution in [0.4, 0.5) is 23.5 Å². The molecule has 0 saturated carbocycles. The minimum atomic E-state index is 0.179. The molecule has 1 saturated heterocycles. The van der Waals surface area contributed by atoms with Crippen LogP contribution < -0.4 is 15.6 Å². The Labute approximate surface area is 174 Å². The number of ether oxygens (including phenoxy) is 1. The molecule has 1 aromatic heterocycles. The van der Waals surface area contributed by atoms with Crippen molar-refractivity contribution in [2.75, 3.05) is 41.9 Å². The van der Waals surface area contributed by atoms with E-state index in [2.05, 4.69) is 35.7 Å². The summed E-state index contributed by atoms with van der Waals surface area (Å²) in [6, 6.07) is 14.8. The largest absolute Gasteiger partial charge is 0.508 e. The number of nitrogens with zero attached hydrogens (tertiary/aromatic N) is 5. The van der Waals surface area contributed by atoms with Crippen molar-refractivity contribution in [1.29, 1.82) is 0 Å². The highest BCUT2D eigenvalue weighted by atomic mass is 16.5. The first-order valence-corrected chi connectivity index (χ1v) is 9.66. The molecule has 9 heteroatoms. The summed E-state index contributed by atoms with van der Waals surface area (Å²) in [6.07, 6.45) is 1.59. The van der Waals surface area contributed by atoms with Crippen LogP contribution in [0.2, 0.25) is 0 Å². The monoisotopic (exact) mass is 405 g/mol. The molecule has 4 rings (SSSR count). The van der Waals surface area contributed by atoms with Crippen molar-refractivity contribution in [2.24, 2.45) is 5.10 Å². The number of aryl methyl sites for hydroxylation is 1. The highest BCUT2D eigenvalue weighted by Crippen LogP contribution is 2.19. The van der Waals surface area contributed by atoms with Gasteiger partial charge in [-0.15, -0.1) is 0 Å². The molecular formula is C21H23N7O2. The van der Waals surface area contributed by atoms with E-state index in [1.807, 2.05) is 37.3 Å². The second-order valence-corrected chi connectivity index (χ2v) is 6.84. The number of hydrazone groups is 1. The predicted molar refractivity (Wildman–Crippen MR) is 117 cm³/mol. The van der Waals surface area contributed by atoms with E-state index in [0.717, 1.165) is 11.3 Å². The minimum Gasteiger partial charge on any atom is -0.508 e. The average molecular weight is 405 g/mol. The quantitative estimate of drug-likeness (QED) is 0.424. The Morgan fingerprint density at radius 1 is 1.03 bits per heavy atom. The van der Waals surface area contributed by atoms with Crippen LogP contribution in [0.5, 0.6) is 5.75 Å². The Morgan fingerprint density at radius 2 is 1.80 bits per heavy atom. The Balaban J connectivity index is 1.56. The molecule has 3 aromatic rings. The first kappa shape index (κ1) is 19.6. The van der Waals surface area contributed by atoms with Gasteiger partial charge < -0.3 is 20.1 Å². The van der Waals surface area contributed by atoms with E-state index in [-0.39, 0.29) is 5.75 Å². The lowest BCUT2D eigenvalue weighted by Crippen LogP contribution is -2.37. The Morgan fingerprint density at radius 3 is 2.57 bits per heavy atom. The van der Waals surface area contributed by atoms with Gasteiger partial charge in [-0.2, -0.15) is 20.1 Å². The smallest absolute Gasteiger partial charge is 0.250 e. The van der Waals surface area contributed by atoms with E-state index in [4.69, 9.17) is 4.74 Å². The third-order valence-corrected chi connectivity index (χ3v) is 4.47. The van der Waals surface area contributed by atoms with Crippen LogP contribution in [0.1, 0.15) is 11.1 Å². The summed E-state index contributed by atoms with van der Waals surface area (Å²) in [5, 5.41) is 17.0. The number of hydrogen-bond acceptors (Lipinski definition) is 9. The molecule has 0 spiro atoms. The van der Waals surface area contributed by atoms with Gasteiger partial charge >= 0.3 is 0 Å². The molecule has 9 nitrogen and oxygen atoms in total. The number of phenols is 1. The fourth-order valence-corrected chi connectivity index (χ4v) is 2.91. The van der Waals surface area contributed by atoms with E-state index in [9.17, 15) is 5.11 Å². The van der Waals surface area contributed by atoms with Gasteiger partial charge in [0.1, 0.15) is 5.75 Å². The van der Waals surface area contributed by atoms with Gasteiger partial charge in [0, 0.05) is 18.8 Å². The number of anilines is 4. The third-order valence-electron chi connectivity index (χ3n) is 4.47. The average Bonchev–Trinajstić information content (AvgIpc) is 2.76. The Bertz CT molecular complexity index is 1020. The SMILES string of the molecule is Cc1ccc(Nc2nc(NN=Cc3cccc(O)c3)nc(N3CCOCC3)n2)cc1. The van der Waals surface area contributed by atoms with Gasteiger partial charge in [-0.05, 0) is 36.8 Å². The lowest BCUT2D eigenvalue weighted by atomic mass is 10.2. The van der Waals surface area contributed by atoms with Gasteiger partial charge in [0.15, 0.2) is 0 Å². The van der Waals surface area contributed by atoms with Crippen LogP contribution >= 0.6 is 0 Å². The van der Waals surface area contributed by atoms with Crippen LogP contribution in [0.25, 0.3) is 0 Å².